The number of aromatic nitrogens is 2. The lowest BCUT2D eigenvalue weighted by Gasteiger charge is -2.04. The molecule has 4 nitrogen and oxygen atoms in total. The first-order valence-electron chi connectivity index (χ1n) is 5.10. The van der Waals surface area contributed by atoms with Crippen LogP contribution >= 0.6 is 15.9 Å². The van der Waals surface area contributed by atoms with Crippen molar-refractivity contribution >= 4 is 21.9 Å². The number of aryl methyl sites for hydroxylation is 1. The van der Waals surface area contributed by atoms with Crippen LogP contribution in [-0.4, -0.2) is 21.0 Å². The summed E-state index contributed by atoms with van der Waals surface area (Å²) in [7, 11) is 0. The van der Waals surface area contributed by atoms with Gasteiger partial charge in [0.15, 0.2) is 4.73 Å². The Labute approximate surface area is 107 Å². The molecule has 0 saturated heterocycles. The van der Waals surface area contributed by atoms with E-state index in [-0.39, 0.29) is 6.42 Å². The molecule has 2 N–H and O–H groups in total. The Hall–Kier alpha value is -1.62. The fourth-order valence-electron chi connectivity index (χ4n) is 1.72. The summed E-state index contributed by atoms with van der Waals surface area (Å²) in [5, 5.41) is 8.85. The molecule has 0 aliphatic heterocycles. The van der Waals surface area contributed by atoms with Gasteiger partial charge >= 0.3 is 5.97 Å². The average Bonchev–Trinajstić information content (AvgIpc) is 2.59. The van der Waals surface area contributed by atoms with Crippen molar-refractivity contribution < 1.29 is 9.90 Å². The number of H-pyrrole nitrogens is 1. The summed E-state index contributed by atoms with van der Waals surface area (Å²) in [6.07, 6.45) is -0.0672. The summed E-state index contributed by atoms with van der Waals surface area (Å²) in [5.74, 6) is -0.879. The Kier molecular flexibility index (Phi) is 3.28. The van der Waals surface area contributed by atoms with Crippen molar-refractivity contribution in [3.8, 4) is 11.3 Å². The molecule has 0 saturated carbocycles. The summed E-state index contributed by atoms with van der Waals surface area (Å²) in [5.41, 5.74) is 3.32. The maximum Gasteiger partial charge on any atom is 0.309 e. The Balaban J connectivity index is 2.51. The molecule has 1 aromatic carbocycles. The maximum absolute atomic E-state index is 10.8. The molecule has 1 aromatic heterocycles. The number of imidazole rings is 1. The van der Waals surface area contributed by atoms with E-state index in [1.807, 2.05) is 31.2 Å². The molecule has 0 atom stereocenters. The van der Waals surface area contributed by atoms with Crippen molar-refractivity contribution in [2.75, 3.05) is 0 Å². The number of carboxylic acids is 1. The van der Waals surface area contributed by atoms with Gasteiger partial charge in [0, 0.05) is 5.56 Å². The van der Waals surface area contributed by atoms with E-state index < -0.39 is 5.97 Å². The first-order valence-corrected chi connectivity index (χ1v) is 5.89. The molecule has 0 radical (unpaired) electrons. The van der Waals surface area contributed by atoms with Crippen LogP contribution in [0.25, 0.3) is 11.3 Å². The number of aliphatic carboxylic acids is 1. The van der Waals surface area contributed by atoms with Crippen LogP contribution in [0, 0.1) is 6.92 Å². The number of benzene rings is 1. The molecule has 0 fully saturated rings. The minimum Gasteiger partial charge on any atom is -0.481 e. The smallest absolute Gasteiger partial charge is 0.309 e. The van der Waals surface area contributed by atoms with Crippen LogP contribution in [0.4, 0.5) is 0 Å². The van der Waals surface area contributed by atoms with E-state index in [0.29, 0.717) is 16.1 Å². The molecule has 1 heterocycles. The zero-order valence-corrected chi connectivity index (χ0v) is 10.8. The molecule has 0 spiro atoms. The van der Waals surface area contributed by atoms with Crippen LogP contribution in [0.2, 0.25) is 0 Å². The lowest BCUT2D eigenvalue weighted by molar-refractivity contribution is -0.136. The molecule has 0 aliphatic rings. The zero-order valence-electron chi connectivity index (χ0n) is 9.20. The Bertz CT molecular complexity index is 563. The highest BCUT2D eigenvalue weighted by Crippen LogP contribution is 2.26. The quantitative estimate of drug-likeness (QED) is 0.915. The van der Waals surface area contributed by atoms with Gasteiger partial charge < -0.3 is 10.1 Å². The van der Waals surface area contributed by atoms with E-state index in [2.05, 4.69) is 25.9 Å². The lowest BCUT2D eigenvalue weighted by atomic mass is 10.0. The minimum absolute atomic E-state index is 0.0672. The number of nitrogens with zero attached hydrogens (tertiary/aromatic N) is 1. The highest BCUT2D eigenvalue weighted by molar-refractivity contribution is 9.10. The van der Waals surface area contributed by atoms with Crippen molar-refractivity contribution in [3.05, 3.63) is 40.3 Å². The Morgan fingerprint density at radius 1 is 1.47 bits per heavy atom. The molecule has 5 heteroatoms. The van der Waals surface area contributed by atoms with Crippen LogP contribution in [0.5, 0.6) is 0 Å². The molecule has 2 rings (SSSR count). The molecule has 17 heavy (non-hydrogen) atoms. The number of carboxylic acid groups (broad SMARTS) is 1. The molecule has 88 valence electrons. The van der Waals surface area contributed by atoms with Crippen LogP contribution < -0.4 is 0 Å². The fraction of sp³-hybridized carbons (Fsp3) is 0.167. The van der Waals surface area contributed by atoms with Gasteiger partial charge in [-0.25, -0.2) is 4.98 Å². The molecule has 2 aromatic rings. The molecule has 0 amide bonds. The van der Waals surface area contributed by atoms with Crippen LogP contribution in [0.3, 0.4) is 0 Å². The van der Waals surface area contributed by atoms with E-state index in [9.17, 15) is 4.79 Å². The number of hydrogen-bond acceptors (Lipinski definition) is 2. The van der Waals surface area contributed by atoms with Gasteiger partial charge in [0.05, 0.1) is 17.8 Å². The summed E-state index contributed by atoms with van der Waals surface area (Å²) in [4.78, 5) is 18.0. The highest BCUT2D eigenvalue weighted by atomic mass is 79.9. The Morgan fingerprint density at radius 2 is 2.18 bits per heavy atom. The SMILES string of the molecule is Cc1ccccc1-c1nc(Br)[nH]c1CC(=O)O. The van der Waals surface area contributed by atoms with E-state index >= 15 is 0 Å². The predicted molar refractivity (Wildman–Crippen MR) is 67.8 cm³/mol. The van der Waals surface area contributed by atoms with E-state index in [4.69, 9.17) is 5.11 Å². The van der Waals surface area contributed by atoms with Gasteiger partial charge in [0.1, 0.15) is 0 Å². The third-order valence-electron chi connectivity index (χ3n) is 2.48. The number of halogens is 1. The van der Waals surface area contributed by atoms with Crippen molar-refractivity contribution in [2.24, 2.45) is 0 Å². The van der Waals surface area contributed by atoms with Crippen molar-refractivity contribution in [1.29, 1.82) is 0 Å². The molecular weight excluding hydrogens is 284 g/mol. The van der Waals surface area contributed by atoms with Crippen molar-refractivity contribution in [1.82, 2.24) is 9.97 Å². The predicted octanol–water partition coefficient (Wildman–Crippen LogP) is 2.77. The van der Waals surface area contributed by atoms with Gasteiger partial charge in [0.25, 0.3) is 0 Å². The Morgan fingerprint density at radius 3 is 2.82 bits per heavy atom. The summed E-state index contributed by atoms with van der Waals surface area (Å²) >= 11 is 3.24. The van der Waals surface area contributed by atoms with E-state index in [1.165, 1.54) is 0 Å². The van der Waals surface area contributed by atoms with Gasteiger partial charge in [-0.1, -0.05) is 24.3 Å². The van der Waals surface area contributed by atoms with Gasteiger partial charge in [-0.15, -0.1) is 0 Å². The normalized spacial score (nSPS) is 10.5. The standard InChI is InChI=1S/C12H11BrN2O2/c1-7-4-2-3-5-8(7)11-9(6-10(16)17)14-12(13)15-11/h2-5H,6H2,1H3,(H,14,15)(H,16,17). The fourth-order valence-corrected chi connectivity index (χ4v) is 2.13. The van der Waals surface area contributed by atoms with E-state index in [1.54, 1.807) is 0 Å². The van der Waals surface area contributed by atoms with Gasteiger partial charge in [-0.3, -0.25) is 4.79 Å². The third-order valence-corrected chi connectivity index (χ3v) is 2.85. The number of aromatic amines is 1. The molecule has 0 bridgehead atoms. The monoisotopic (exact) mass is 294 g/mol. The summed E-state index contributed by atoms with van der Waals surface area (Å²) in [6.45, 7) is 1.97. The second-order valence-electron chi connectivity index (χ2n) is 3.74. The van der Waals surface area contributed by atoms with Crippen LogP contribution in [0.1, 0.15) is 11.3 Å². The number of carbonyl (C=O) groups is 1. The maximum atomic E-state index is 10.8. The average molecular weight is 295 g/mol. The molecule has 0 unspecified atom stereocenters. The molecular formula is C12H11BrN2O2. The van der Waals surface area contributed by atoms with Crippen LogP contribution in [-0.2, 0) is 11.2 Å². The van der Waals surface area contributed by atoms with Gasteiger partial charge in [-0.05, 0) is 28.4 Å². The van der Waals surface area contributed by atoms with Crippen molar-refractivity contribution in [2.45, 2.75) is 13.3 Å². The minimum atomic E-state index is -0.879. The zero-order chi connectivity index (χ0) is 12.4. The lowest BCUT2D eigenvalue weighted by Crippen LogP contribution is -2.02. The topological polar surface area (TPSA) is 66.0 Å². The van der Waals surface area contributed by atoms with E-state index in [0.717, 1.165) is 11.1 Å². The number of nitrogens with one attached hydrogen (secondary N) is 1. The summed E-state index contributed by atoms with van der Waals surface area (Å²) < 4.78 is 0.548. The van der Waals surface area contributed by atoms with Gasteiger partial charge in [-0.2, -0.15) is 0 Å². The van der Waals surface area contributed by atoms with Gasteiger partial charge in [0.2, 0.25) is 0 Å². The highest BCUT2D eigenvalue weighted by Gasteiger charge is 2.15. The van der Waals surface area contributed by atoms with Crippen LogP contribution in [0.15, 0.2) is 29.0 Å². The summed E-state index contributed by atoms with van der Waals surface area (Å²) in [6, 6.07) is 7.76. The molecule has 0 aliphatic carbocycles. The second kappa shape index (κ2) is 4.71. The third kappa shape index (κ3) is 2.55. The van der Waals surface area contributed by atoms with Crippen molar-refractivity contribution in [3.63, 3.8) is 0 Å². The first kappa shape index (κ1) is 11.9. The number of rotatable bonds is 3. The largest absolute Gasteiger partial charge is 0.481 e. The first-order chi connectivity index (χ1) is 8.08. The second-order valence-corrected chi connectivity index (χ2v) is 4.49. The number of hydrogen-bond donors (Lipinski definition) is 2.